The maximum Gasteiger partial charge on any atom is 0.293 e. The highest BCUT2D eigenvalue weighted by Crippen LogP contribution is 2.33. The van der Waals surface area contributed by atoms with Crippen LogP contribution in [0.1, 0.15) is 52.9 Å². The van der Waals surface area contributed by atoms with Gasteiger partial charge in [0.25, 0.3) is 6.47 Å². The zero-order valence-electron chi connectivity index (χ0n) is 11.5. The minimum Gasteiger partial charge on any atom is -0.462 e. The smallest absolute Gasteiger partial charge is 0.293 e. The van der Waals surface area contributed by atoms with E-state index in [2.05, 4.69) is 10.1 Å². The molecule has 2 atom stereocenters. The SMILES string of the molecule is C1CCC2CNCCC2C1.CC(C)(C)OC=O. The Morgan fingerprint density at radius 1 is 1.12 bits per heavy atom. The summed E-state index contributed by atoms with van der Waals surface area (Å²) in [6, 6.07) is 0. The summed E-state index contributed by atoms with van der Waals surface area (Å²) in [6.07, 6.45) is 7.46. The van der Waals surface area contributed by atoms with Crippen LogP contribution in [0.4, 0.5) is 0 Å². The molecule has 0 aromatic carbocycles. The third-order valence-corrected chi connectivity index (χ3v) is 3.57. The lowest BCUT2D eigenvalue weighted by molar-refractivity contribution is -0.138. The fourth-order valence-corrected chi connectivity index (χ4v) is 2.65. The fourth-order valence-electron chi connectivity index (χ4n) is 2.65. The molecule has 2 rings (SSSR count). The first-order valence-corrected chi connectivity index (χ1v) is 6.85. The van der Waals surface area contributed by atoms with Crippen molar-refractivity contribution in [1.29, 1.82) is 0 Å². The molecule has 2 fully saturated rings. The van der Waals surface area contributed by atoms with Crippen LogP contribution < -0.4 is 5.32 Å². The third kappa shape index (κ3) is 6.06. The molecule has 1 heterocycles. The molecule has 1 N–H and O–H groups in total. The van der Waals surface area contributed by atoms with Crippen molar-refractivity contribution in [1.82, 2.24) is 5.32 Å². The second-order valence-electron chi connectivity index (χ2n) is 6.12. The van der Waals surface area contributed by atoms with E-state index in [4.69, 9.17) is 0 Å². The van der Waals surface area contributed by atoms with E-state index in [1.165, 1.54) is 45.2 Å². The second-order valence-corrected chi connectivity index (χ2v) is 6.12. The predicted octanol–water partition coefficient (Wildman–Crippen LogP) is 2.74. The first-order chi connectivity index (χ1) is 8.03. The molecular weight excluding hydrogens is 214 g/mol. The Balaban J connectivity index is 0.000000185. The van der Waals surface area contributed by atoms with E-state index in [-0.39, 0.29) is 5.60 Å². The topological polar surface area (TPSA) is 38.3 Å². The van der Waals surface area contributed by atoms with Crippen LogP contribution >= 0.6 is 0 Å². The monoisotopic (exact) mass is 241 g/mol. The molecule has 0 bridgehead atoms. The van der Waals surface area contributed by atoms with Crippen molar-refractivity contribution in [2.75, 3.05) is 13.1 Å². The molecule has 0 amide bonds. The molecule has 1 aliphatic heterocycles. The van der Waals surface area contributed by atoms with Crippen LogP contribution in [-0.4, -0.2) is 25.2 Å². The van der Waals surface area contributed by atoms with Crippen LogP contribution in [0.2, 0.25) is 0 Å². The van der Waals surface area contributed by atoms with Crippen LogP contribution in [0.5, 0.6) is 0 Å². The number of piperidine rings is 1. The highest BCUT2D eigenvalue weighted by molar-refractivity contribution is 5.37. The van der Waals surface area contributed by atoms with Gasteiger partial charge in [-0.3, -0.25) is 4.79 Å². The number of nitrogens with one attached hydrogen (secondary N) is 1. The molecule has 100 valence electrons. The summed E-state index contributed by atoms with van der Waals surface area (Å²) in [4.78, 5) is 9.60. The molecule has 0 radical (unpaired) electrons. The molecule has 0 aromatic rings. The first-order valence-electron chi connectivity index (χ1n) is 6.85. The van der Waals surface area contributed by atoms with E-state index < -0.39 is 0 Å². The van der Waals surface area contributed by atoms with Crippen LogP contribution in [0.25, 0.3) is 0 Å². The van der Waals surface area contributed by atoms with Crippen molar-refractivity contribution >= 4 is 6.47 Å². The number of rotatable bonds is 1. The van der Waals surface area contributed by atoms with Crippen molar-refractivity contribution < 1.29 is 9.53 Å². The zero-order valence-corrected chi connectivity index (χ0v) is 11.5. The molecule has 17 heavy (non-hydrogen) atoms. The summed E-state index contributed by atoms with van der Waals surface area (Å²) >= 11 is 0. The molecule has 2 aliphatic rings. The Morgan fingerprint density at radius 2 is 1.76 bits per heavy atom. The highest BCUT2D eigenvalue weighted by Gasteiger charge is 2.26. The summed E-state index contributed by atoms with van der Waals surface area (Å²) in [7, 11) is 0. The lowest BCUT2D eigenvalue weighted by Gasteiger charge is -2.35. The van der Waals surface area contributed by atoms with Crippen LogP contribution in [0.15, 0.2) is 0 Å². The number of hydrogen-bond acceptors (Lipinski definition) is 3. The molecule has 3 nitrogen and oxygen atoms in total. The maximum absolute atomic E-state index is 9.60. The summed E-state index contributed by atoms with van der Waals surface area (Å²) in [5.41, 5.74) is -0.318. The molecule has 1 aliphatic carbocycles. The summed E-state index contributed by atoms with van der Waals surface area (Å²) in [5, 5.41) is 3.48. The van der Waals surface area contributed by atoms with E-state index in [1.54, 1.807) is 0 Å². The van der Waals surface area contributed by atoms with Crippen molar-refractivity contribution in [3.8, 4) is 0 Å². The number of fused-ring (bicyclic) bond motifs is 1. The van der Waals surface area contributed by atoms with E-state index in [0.717, 1.165) is 11.8 Å². The van der Waals surface area contributed by atoms with E-state index in [0.29, 0.717) is 6.47 Å². The van der Waals surface area contributed by atoms with Gasteiger partial charge in [0, 0.05) is 0 Å². The van der Waals surface area contributed by atoms with Gasteiger partial charge in [0.05, 0.1) is 0 Å². The van der Waals surface area contributed by atoms with Gasteiger partial charge < -0.3 is 10.1 Å². The third-order valence-electron chi connectivity index (χ3n) is 3.57. The Bertz CT molecular complexity index is 197. The van der Waals surface area contributed by atoms with Gasteiger partial charge in [0.1, 0.15) is 5.60 Å². The lowest BCUT2D eigenvalue weighted by Crippen LogP contribution is -2.38. The van der Waals surface area contributed by atoms with Gasteiger partial charge >= 0.3 is 0 Å². The predicted molar refractivity (Wildman–Crippen MR) is 69.8 cm³/mol. The van der Waals surface area contributed by atoms with Gasteiger partial charge in [0.15, 0.2) is 0 Å². The summed E-state index contributed by atoms with van der Waals surface area (Å²) < 4.78 is 4.55. The second kappa shape index (κ2) is 7.00. The van der Waals surface area contributed by atoms with Crippen molar-refractivity contribution in [2.45, 2.75) is 58.5 Å². The quantitative estimate of drug-likeness (QED) is 0.717. The number of hydrogen-bond donors (Lipinski definition) is 1. The summed E-state index contributed by atoms with van der Waals surface area (Å²) in [6.45, 7) is 8.51. The van der Waals surface area contributed by atoms with Gasteiger partial charge in [-0.1, -0.05) is 19.3 Å². The van der Waals surface area contributed by atoms with Crippen molar-refractivity contribution in [2.24, 2.45) is 11.8 Å². The molecule has 3 heteroatoms. The van der Waals surface area contributed by atoms with Crippen LogP contribution in [-0.2, 0) is 9.53 Å². The molecule has 0 aromatic heterocycles. The number of carbonyl (C=O) groups is 1. The van der Waals surface area contributed by atoms with Gasteiger partial charge in [-0.2, -0.15) is 0 Å². The van der Waals surface area contributed by atoms with Gasteiger partial charge in [-0.15, -0.1) is 0 Å². The Hall–Kier alpha value is -0.570. The molecule has 2 unspecified atom stereocenters. The maximum atomic E-state index is 9.60. The lowest BCUT2D eigenvalue weighted by atomic mass is 9.76. The number of ether oxygens (including phenoxy) is 1. The normalized spacial score (nSPS) is 28.4. The molecule has 1 saturated heterocycles. The van der Waals surface area contributed by atoms with Crippen molar-refractivity contribution in [3.63, 3.8) is 0 Å². The van der Waals surface area contributed by atoms with E-state index in [9.17, 15) is 4.79 Å². The minimum absolute atomic E-state index is 0.318. The van der Waals surface area contributed by atoms with E-state index in [1.807, 2.05) is 20.8 Å². The molecule has 0 spiro atoms. The molecule has 1 saturated carbocycles. The Labute approximate surface area is 105 Å². The standard InChI is InChI=1S/C9H17N.C5H10O2/c1-2-4-9-7-10-6-5-8(9)3-1;1-5(2,3)7-4-6/h8-10H,1-7H2;4H,1-3H3. The van der Waals surface area contributed by atoms with Crippen LogP contribution in [0.3, 0.4) is 0 Å². The molecular formula is C14H27NO2. The average Bonchev–Trinajstić information content (AvgIpc) is 2.28. The fraction of sp³-hybridized carbons (Fsp3) is 0.929. The minimum atomic E-state index is -0.318. The largest absolute Gasteiger partial charge is 0.462 e. The van der Waals surface area contributed by atoms with Gasteiger partial charge in [-0.25, -0.2) is 0 Å². The van der Waals surface area contributed by atoms with Gasteiger partial charge in [-0.05, 0) is 58.5 Å². The summed E-state index contributed by atoms with van der Waals surface area (Å²) in [5.74, 6) is 2.14. The Morgan fingerprint density at radius 3 is 2.24 bits per heavy atom. The van der Waals surface area contributed by atoms with Gasteiger partial charge in [0.2, 0.25) is 0 Å². The Kier molecular flexibility index (Phi) is 5.96. The highest BCUT2D eigenvalue weighted by atomic mass is 16.5. The average molecular weight is 241 g/mol. The first kappa shape index (κ1) is 14.5. The zero-order chi connectivity index (χ0) is 12.7. The van der Waals surface area contributed by atoms with Crippen molar-refractivity contribution in [3.05, 3.63) is 0 Å². The van der Waals surface area contributed by atoms with E-state index >= 15 is 0 Å². The number of carbonyl (C=O) groups excluding carboxylic acids is 1. The van der Waals surface area contributed by atoms with Crippen LogP contribution in [0, 0.1) is 11.8 Å².